The lowest BCUT2D eigenvalue weighted by atomic mass is 10.1. The summed E-state index contributed by atoms with van der Waals surface area (Å²) in [6.07, 6.45) is 1.74. The van der Waals surface area contributed by atoms with Crippen molar-refractivity contribution in [3.63, 3.8) is 0 Å². The number of ether oxygens (including phenoxy) is 1. The van der Waals surface area contributed by atoms with Gasteiger partial charge in [-0.25, -0.2) is 0 Å². The second-order valence-corrected chi connectivity index (χ2v) is 5.26. The smallest absolute Gasteiger partial charge is 0.242 e. The standard InChI is InChI=1S/C17H19N3O2/c1-12-5-4-8-18-14(12)11-20-17(21)16-13-6-2-3-7-15(13)22-10-9-19-16/h2-8,16,19H,9-11H2,1H3,(H,20,21). The molecule has 0 saturated carbocycles. The van der Waals surface area contributed by atoms with Crippen molar-refractivity contribution in [1.82, 2.24) is 15.6 Å². The Balaban J connectivity index is 1.73. The Labute approximate surface area is 129 Å². The number of fused-ring (bicyclic) bond motifs is 1. The fourth-order valence-corrected chi connectivity index (χ4v) is 2.53. The van der Waals surface area contributed by atoms with Crippen molar-refractivity contribution >= 4 is 5.91 Å². The average molecular weight is 297 g/mol. The summed E-state index contributed by atoms with van der Waals surface area (Å²) in [5.41, 5.74) is 2.82. The number of benzene rings is 1. The van der Waals surface area contributed by atoms with Crippen molar-refractivity contribution in [2.24, 2.45) is 0 Å². The molecule has 114 valence electrons. The maximum Gasteiger partial charge on any atom is 0.242 e. The van der Waals surface area contributed by atoms with Gasteiger partial charge in [-0.1, -0.05) is 24.3 Å². The average Bonchev–Trinajstić information content (AvgIpc) is 2.76. The molecule has 0 saturated heterocycles. The molecule has 2 heterocycles. The zero-order valence-corrected chi connectivity index (χ0v) is 12.5. The molecule has 1 aliphatic rings. The lowest BCUT2D eigenvalue weighted by Gasteiger charge is -2.17. The highest BCUT2D eigenvalue weighted by Crippen LogP contribution is 2.27. The predicted octanol–water partition coefficient (Wildman–Crippen LogP) is 1.73. The van der Waals surface area contributed by atoms with Crippen LogP contribution in [-0.2, 0) is 11.3 Å². The van der Waals surface area contributed by atoms with Gasteiger partial charge in [0.1, 0.15) is 18.4 Å². The molecule has 0 bridgehead atoms. The topological polar surface area (TPSA) is 63.2 Å². The van der Waals surface area contributed by atoms with E-state index in [0.717, 1.165) is 22.6 Å². The lowest BCUT2D eigenvalue weighted by Crippen LogP contribution is -2.37. The fraction of sp³-hybridized carbons (Fsp3) is 0.294. The van der Waals surface area contributed by atoms with Crippen LogP contribution in [0, 0.1) is 6.92 Å². The summed E-state index contributed by atoms with van der Waals surface area (Å²) in [6, 6.07) is 11.1. The second-order valence-electron chi connectivity index (χ2n) is 5.26. The Kier molecular flexibility index (Phi) is 4.34. The van der Waals surface area contributed by atoms with Crippen LogP contribution >= 0.6 is 0 Å². The van der Waals surface area contributed by atoms with Gasteiger partial charge < -0.3 is 10.1 Å². The highest BCUT2D eigenvalue weighted by atomic mass is 16.5. The molecule has 5 heteroatoms. The molecule has 2 N–H and O–H groups in total. The monoisotopic (exact) mass is 297 g/mol. The zero-order chi connectivity index (χ0) is 15.4. The highest BCUT2D eigenvalue weighted by Gasteiger charge is 2.25. The van der Waals surface area contributed by atoms with Gasteiger partial charge in [0.05, 0.1) is 12.2 Å². The number of para-hydroxylation sites is 1. The van der Waals surface area contributed by atoms with Gasteiger partial charge >= 0.3 is 0 Å². The summed E-state index contributed by atoms with van der Waals surface area (Å²) in [5.74, 6) is 0.699. The van der Waals surface area contributed by atoms with E-state index in [-0.39, 0.29) is 5.91 Å². The number of rotatable bonds is 3. The third-order valence-corrected chi connectivity index (χ3v) is 3.75. The molecular weight excluding hydrogens is 278 g/mol. The van der Waals surface area contributed by atoms with Crippen LogP contribution in [0.2, 0.25) is 0 Å². The Morgan fingerprint density at radius 3 is 3.09 bits per heavy atom. The molecule has 1 aliphatic heterocycles. The molecule has 1 atom stereocenters. The minimum Gasteiger partial charge on any atom is -0.492 e. The zero-order valence-electron chi connectivity index (χ0n) is 12.5. The molecule has 1 aromatic carbocycles. The van der Waals surface area contributed by atoms with E-state index in [1.54, 1.807) is 6.20 Å². The normalized spacial score (nSPS) is 17.0. The summed E-state index contributed by atoms with van der Waals surface area (Å²) in [7, 11) is 0. The maximum atomic E-state index is 12.5. The number of hydrogen-bond donors (Lipinski definition) is 2. The predicted molar refractivity (Wildman–Crippen MR) is 83.5 cm³/mol. The number of nitrogens with one attached hydrogen (secondary N) is 2. The summed E-state index contributed by atoms with van der Waals surface area (Å²) >= 11 is 0. The molecule has 0 radical (unpaired) electrons. The molecule has 1 aromatic heterocycles. The Bertz CT molecular complexity index is 672. The van der Waals surface area contributed by atoms with Gasteiger partial charge in [0.2, 0.25) is 5.91 Å². The van der Waals surface area contributed by atoms with E-state index in [1.165, 1.54) is 0 Å². The van der Waals surface area contributed by atoms with Crippen molar-refractivity contribution in [2.45, 2.75) is 19.5 Å². The van der Waals surface area contributed by atoms with Gasteiger partial charge in [-0.3, -0.25) is 15.1 Å². The van der Waals surface area contributed by atoms with E-state index in [0.29, 0.717) is 19.7 Å². The summed E-state index contributed by atoms with van der Waals surface area (Å²) < 4.78 is 5.66. The summed E-state index contributed by atoms with van der Waals surface area (Å²) in [4.78, 5) is 16.8. The number of aryl methyl sites for hydroxylation is 1. The summed E-state index contributed by atoms with van der Waals surface area (Å²) in [5, 5.41) is 6.19. The maximum absolute atomic E-state index is 12.5. The molecule has 1 unspecified atom stereocenters. The third kappa shape index (κ3) is 3.09. The quantitative estimate of drug-likeness (QED) is 0.905. The van der Waals surface area contributed by atoms with Crippen LogP contribution in [0.1, 0.15) is 22.9 Å². The van der Waals surface area contributed by atoms with Crippen LogP contribution in [0.15, 0.2) is 42.6 Å². The first-order valence-corrected chi connectivity index (χ1v) is 7.39. The van der Waals surface area contributed by atoms with Crippen LogP contribution in [-0.4, -0.2) is 24.0 Å². The lowest BCUT2D eigenvalue weighted by molar-refractivity contribution is -0.123. The van der Waals surface area contributed by atoms with Crippen molar-refractivity contribution in [2.75, 3.05) is 13.2 Å². The molecule has 5 nitrogen and oxygen atoms in total. The van der Waals surface area contributed by atoms with E-state index in [9.17, 15) is 4.79 Å². The van der Waals surface area contributed by atoms with Gasteiger partial charge in [0.15, 0.2) is 0 Å². The van der Waals surface area contributed by atoms with E-state index in [4.69, 9.17) is 4.74 Å². The van der Waals surface area contributed by atoms with Gasteiger partial charge in [-0.05, 0) is 24.6 Å². The molecule has 2 aromatic rings. The highest BCUT2D eigenvalue weighted by molar-refractivity contribution is 5.84. The van der Waals surface area contributed by atoms with Crippen LogP contribution < -0.4 is 15.4 Å². The van der Waals surface area contributed by atoms with Crippen molar-refractivity contribution in [1.29, 1.82) is 0 Å². The molecule has 0 aliphatic carbocycles. The van der Waals surface area contributed by atoms with Crippen LogP contribution in [0.25, 0.3) is 0 Å². The molecule has 0 fully saturated rings. The Morgan fingerprint density at radius 2 is 2.23 bits per heavy atom. The van der Waals surface area contributed by atoms with Crippen molar-refractivity contribution in [3.05, 3.63) is 59.4 Å². The van der Waals surface area contributed by atoms with Gasteiger partial charge in [0, 0.05) is 18.3 Å². The molecular formula is C17H19N3O2. The molecule has 22 heavy (non-hydrogen) atoms. The molecule has 3 rings (SSSR count). The van der Waals surface area contributed by atoms with Crippen LogP contribution in [0.3, 0.4) is 0 Å². The van der Waals surface area contributed by atoms with Gasteiger partial charge in [-0.2, -0.15) is 0 Å². The fourth-order valence-electron chi connectivity index (χ4n) is 2.53. The number of nitrogens with zero attached hydrogens (tertiary/aromatic N) is 1. The van der Waals surface area contributed by atoms with E-state index in [1.807, 2.05) is 43.3 Å². The van der Waals surface area contributed by atoms with Crippen LogP contribution in [0.4, 0.5) is 0 Å². The SMILES string of the molecule is Cc1cccnc1CNC(=O)C1NCCOc2ccccc21. The number of carbonyl (C=O) groups excluding carboxylic acids is 1. The van der Waals surface area contributed by atoms with E-state index < -0.39 is 6.04 Å². The molecule has 1 amide bonds. The van der Waals surface area contributed by atoms with E-state index >= 15 is 0 Å². The first-order valence-electron chi connectivity index (χ1n) is 7.39. The second kappa shape index (κ2) is 6.58. The first kappa shape index (κ1) is 14.5. The number of carbonyl (C=O) groups is 1. The number of pyridine rings is 1. The Hall–Kier alpha value is -2.40. The van der Waals surface area contributed by atoms with Crippen LogP contribution in [0.5, 0.6) is 5.75 Å². The minimum absolute atomic E-state index is 0.0667. The van der Waals surface area contributed by atoms with E-state index in [2.05, 4.69) is 15.6 Å². The van der Waals surface area contributed by atoms with Gasteiger partial charge in [0.25, 0.3) is 0 Å². The van der Waals surface area contributed by atoms with Crippen molar-refractivity contribution in [3.8, 4) is 5.75 Å². The number of amides is 1. The van der Waals surface area contributed by atoms with Crippen molar-refractivity contribution < 1.29 is 9.53 Å². The molecule has 0 spiro atoms. The number of aromatic nitrogens is 1. The number of hydrogen-bond acceptors (Lipinski definition) is 4. The summed E-state index contributed by atoms with van der Waals surface area (Å²) in [6.45, 7) is 3.60. The Morgan fingerprint density at radius 1 is 1.36 bits per heavy atom. The largest absolute Gasteiger partial charge is 0.492 e. The third-order valence-electron chi connectivity index (χ3n) is 3.75. The minimum atomic E-state index is -0.400. The van der Waals surface area contributed by atoms with Gasteiger partial charge in [-0.15, -0.1) is 0 Å². The first-order chi connectivity index (χ1) is 10.8.